The summed E-state index contributed by atoms with van der Waals surface area (Å²) in [6.45, 7) is 3.66. The zero-order chi connectivity index (χ0) is 20.6. The molecule has 0 unspecified atom stereocenters. The highest BCUT2D eigenvalue weighted by atomic mass is 35.5. The fourth-order valence-corrected chi connectivity index (χ4v) is 4.30. The van der Waals surface area contributed by atoms with Gasteiger partial charge in [0, 0.05) is 19.6 Å². The van der Waals surface area contributed by atoms with Crippen LogP contribution in [0.15, 0.2) is 12.1 Å². The Labute approximate surface area is 179 Å². The lowest BCUT2D eigenvalue weighted by Crippen LogP contribution is -2.41. The Kier molecular flexibility index (Phi) is 8.14. The van der Waals surface area contributed by atoms with Gasteiger partial charge in [-0.2, -0.15) is 0 Å². The van der Waals surface area contributed by atoms with E-state index in [1.165, 1.54) is 11.3 Å². The van der Waals surface area contributed by atoms with Crippen LogP contribution in [0.25, 0.3) is 0 Å². The molecule has 0 aliphatic carbocycles. The van der Waals surface area contributed by atoms with Crippen LogP contribution in [0.3, 0.4) is 0 Å². The monoisotopic (exact) mass is 443 g/mol. The van der Waals surface area contributed by atoms with Crippen molar-refractivity contribution in [1.82, 2.24) is 15.1 Å². The lowest BCUT2D eigenvalue weighted by molar-refractivity contribution is -0.142. The van der Waals surface area contributed by atoms with Gasteiger partial charge < -0.3 is 24.6 Å². The van der Waals surface area contributed by atoms with E-state index in [4.69, 9.17) is 21.1 Å². The highest BCUT2D eigenvalue weighted by Gasteiger charge is 2.31. The van der Waals surface area contributed by atoms with Crippen LogP contribution in [0.1, 0.15) is 35.4 Å². The van der Waals surface area contributed by atoms with Crippen LogP contribution in [0, 0.1) is 0 Å². The number of hydrogen-bond donors (Lipinski definition) is 1. The summed E-state index contributed by atoms with van der Waals surface area (Å²) in [5.41, 5.74) is 0. The Morgan fingerprint density at radius 3 is 2.62 bits per heavy atom. The molecule has 1 atom stereocenters. The first-order valence-corrected chi connectivity index (χ1v) is 11.1. The molecule has 0 saturated carbocycles. The minimum Gasteiger partial charge on any atom is -0.442 e. The number of ether oxygens (including phenoxy) is 2. The van der Waals surface area contributed by atoms with Crippen molar-refractivity contribution in [2.75, 3.05) is 45.9 Å². The predicted octanol–water partition coefficient (Wildman–Crippen LogP) is 2.37. The van der Waals surface area contributed by atoms with Crippen molar-refractivity contribution < 1.29 is 23.9 Å². The fourth-order valence-electron chi connectivity index (χ4n) is 3.34. The molecule has 2 saturated heterocycles. The molecule has 2 aliphatic rings. The number of halogens is 1. The van der Waals surface area contributed by atoms with Crippen LogP contribution in [-0.4, -0.2) is 79.7 Å². The molecule has 2 aliphatic heterocycles. The van der Waals surface area contributed by atoms with Crippen LogP contribution < -0.4 is 5.32 Å². The van der Waals surface area contributed by atoms with Gasteiger partial charge in [0.15, 0.2) is 0 Å². The van der Waals surface area contributed by atoms with Gasteiger partial charge in [-0.25, -0.2) is 4.79 Å². The Hall–Kier alpha value is -1.84. The molecule has 0 spiro atoms. The molecule has 2 fully saturated rings. The molecule has 0 radical (unpaired) electrons. The quantitative estimate of drug-likeness (QED) is 0.561. The number of nitrogens with one attached hydrogen (secondary N) is 1. The first-order valence-electron chi connectivity index (χ1n) is 9.87. The van der Waals surface area contributed by atoms with Crippen LogP contribution >= 0.6 is 22.9 Å². The predicted molar refractivity (Wildman–Crippen MR) is 109 cm³/mol. The van der Waals surface area contributed by atoms with Gasteiger partial charge in [0.05, 0.1) is 28.9 Å². The van der Waals surface area contributed by atoms with Gasteiger partial charge in [-0.1, -0.05) is 24.4 Å². The second-order valence-corrected chi connectivity index (χ2v) is 8.83. The lowest BCUT2D eigenvalue weighted by Gasteiger charge is -2.26. The first-order chi connectivity index (χ1) is 14.0. The number of rotatable bonds is 10. The maximum absolute atomic E-state index is 12.0. The SMILES string of the molecule is O=C(NC[C@H]1CN(CCCCCCN2CCOCC2=O)C(=O)O1)c1ccc(Cl)s1. The second-order valence-electron chi connectivity index (χ2n) is 7.11. The Morgan fingerprint density at radius 2 is 1.93 bits per heavy atom. The van der Waals surface area contributed by atoms with Gasteiger partial charge in [-0.05, 0) is 25.0 Å². The van der Waals surface area contributed by atoms with E-state index in [0.717, 1.165) is 32.2 Å². The molecule has 29 heavy (non-hydrogen) atoms. The summed E-state index contributed by atoms with van der Waals surface area (Å²) < 4.78 is 11.0. The second kappa shape index (κ2) is 10.8. The van der Waals surface area contributed by atoms with Gasteiger partial charge in [-0.3, -0.25) is 9.59 Å². The van der Waals surface area contributed by atoms with E-state index >= 15 is 0 Å². The maximum Gasteiger partial charge on any atom is 0.410 e. The molecule has 3 amide bonds. The molecule has 3 rings (SSSR count). The van der Waals surface area contributed by atoms with E-state index in [9.17, 15) is 14.4 Å². The van der Waals surface area contributed by atoms with Crippen LogP contribution in [0.4, 0.5) is 4.79 Å². The minimum absolute atomic E-state index is 0.0661. The molecule has 3 heterocycles. The van der Waals surface area contributed by atoms with Crippen molar-refractivity contribution in [3.8, 4) is 0 Å². The summed E-state index contributed by atoms with van der Waals surface area (Å²) in [6.07, 6.45) is 3.17. The van der Waals surface area contributed by atoms with Crippen LogP contribution in [0.5, 0.6) is 0 Å². The largest absolute Gasteiger partial charge is 0.442 e. The molecule has 0 bridgehead atoms. The van der Waals surface area contributed by atoms with E-state index < -0.39 is 0 Å². The third kappa shape index (κ3) is 6.58. The Bertz CT molecular complexity index is 728. The normalized spacial score (nSPS) is 19.6. The standard InChI is InChI=1S/C19H26ClN3O5S/c20-16-6-5-15(29-16)18(25)21-11-14-12-23(19(26)28-14)8-4-2-1-3-7-22-9-10-27-13-17(22)24/h5-6,14H,1-4,7-13H2,(H,21,25)/t14-/m0/s1. The highest BCUT2D eigenvalue weighted by molar-refractivity contribution is 7.17. The number of thiophene rings is 1. The van der Waals surface area contributed by atoms with Gasteiger partial charge >= 0.3 is 6.09 Å². The summed E-state index contributed by atoms with van der Waals surface area (Å²) in [5, 5.41) is 2.78. The molecule has 8 nitrogen and oxygen atoms in total. The van der Waals surface area contributed by atoms with Crippen molar-refractivity contribution >= 4 is 40.8 Å². The molecule has 0 aromatic carbocycles. The van der Waals surface area contributed by atoms with E-state index in [1.54, 1.807) is 17.0 Å². The van der Waals surface area contributed by atoms with Gasteiger partial charge in [-0.15, -0.1) is 11.3 Å². The topological polar surface area (TPSA) is 88.2 Å². The molecule has 1 aromatic heterocycles. The van der Waals surface area contributed by atoms with E-state index in [0.29, 0.717) is 35.5 Å². The number of morpholine rings is 1. The molecular weight excluding hydrogens is 418 g/mol. The average Bonchev–Trinajstić information content (AvgIpc) is 3.29. The van der Waals surface area contributed by atoms with Crippen molar-refractivity contribution in [2.45, 2.75) is 31.8 Å². The van der Waals surface area contributed by atoms with Crippen molar-refractivity contribution in [3.05, 3.63) is 21.3 Å². The van der Waals surface area contributed by atoms with Crippen LogP contribution in [0.2, 0.25) is 4.34 Å². The Morgan fingerprint density at radius 1 is 1.17 bits per heavy atom. The van der Waals surface area contributed by atoms with E-state index in [2.05, 4.69) is 5.32 Å². The summed E-state index contributed by atoms with van der Waals surface area (Å²) in [7, 11) is 0. The average molecular weight is 444 g/mol. The van der Waals surface area contributed by atoms with Gasteiger partial charge in [0.25, 0.3) is 5.91 Å². The van der Waals surface area contributed by atoms with Gasteiger partial charge in [0.2, 0.25) is 5.91 Å². The first kappa shape index (κ1) is 21.9. The number of amides is 3. The third-order valence-corrected chi connectivity index (χ3v) is 6.16. The lowest BCUT2D eigenvalue weighted by atomic mass is 10.1. The zero-order valence-electron chi connectivity index (χ0n) is 16.2. The van der Waals surface area contributed by atoms with Crippen molar-refractivity contribution in [1.29, 1.82) is 0 Å². The molecule has 1 N–H and O–H groups in total. The highest BCUT2D eigenvalue weighted by Crippen LogP contribution is 2.21. The number of nitrogens with zero attached hydrogens (tertiary/aromatic N) is 2. The zero-order valence-corrected chi connectivity index (χ0v) is 17.8. The number of hydrogen-bond acceptors (Lipinski definition) is 6. The summed E-state index contributed by atoms with van der Waals surface area (Å²) >= 11 is 7.05. The number of carbonyl (C=O) groups is 3. The van der Waals surface area contributed by atoms with E-state index in [1.807, 2.05) is 4.90 Å². The summed E-state index contributed by atoms with van der Waals surface area (Å²) in [5.74, 6) is -0.147. The molecule has 1 aromatic rings. The molecular formula is C19H26ClN3O5S. The molecule has 160 valence electrons. The minimum atomic E-state index is -0.339. The van der Waals surface area contributed by atoms with Crippen LogP contribution in [-0.2, 0) is 14.3 Å². The fraction of sp³-hybridized carbons (Fsp3) is 0.632. The van der Waals surface area contributed by atoms with Crippen molar-refractivity contribution in [3.63, 3.8) is 0 Å². The molecule has 10 heteroatoms. The number of cyclic esters (lactones) is 1. The third-order valence-electron chi connectivity index (χ3n) is 4.93. The smallest absolute Gasteiger partial charge is 0.410 e. The number of unbranched alkanes of at least 4 members (excludes halogenated alkanes) is 3. The maximum atomic E-state index is 12.0. The summed E-state index contributed by atoms with van der Waals surface area (Å²) in [4.78, 5) is 39.7. The number of carbonyl (C=O) groups excluding carboxylic acids is 3. The Balaban J connectivity index is 1.26. The summed E-state index contributed by atoms with van der Waals surface area (Å²) in [6, 6.07) is 3.35. The van der Waals surface area contributed by atoms with Gasteiger partial charge in [0.1, 0.15) is 12.7 Å². The van der Waals surface area contributed by atoms with Crippen molar-refractivity contribution in [2.24, 2.45) is 0 Å². The van der Waals surface area contributed by atoms with E-state index in [-0.39, 0.29) is 37.2 Å².